The SMILES string of the molecule is CC1c2ccccc2CCN1C(=O)C1CSCN1. The molecule has 2 aliphatic rings. The number of nitrogens with one attached hydrogen (secondary N) is 1. The van der Waals surface area contributed by atoms with Crippen LogP contribution < -0.4 is 5.32 Å². The Morgan fingerprint density at radius 1 is 1.44 bits per heavy atom. The summed E-state index contributed by atoms with van der Waals surface area (Å²) >= 11 is 1.80. The molecule has 0 radical (unpaired) electrons. The van der Waals surface area contributed by atoms with Crippen LogP contribution in [0.2, 0.25) is 0 Å². The molecule has 0 spiro atoms. The number of fused-ring (bicyclic) bond motifs is 1. The fraction of sp³-hybridized carbons (Fsp3) is 0.500. The van der Waals surface area contributed by atoms with E-state index in [1.807, 2.05) is 4.90 Å². The summed E-state index contributed by atoms with van der Waals surface area (Å²) in [5, 5.41) is 3.27. The van der Waals surface area contributed by atoms with Crippen LogP contribution in [-0.2, 0) is 11.2 Å². The van der Waals surface area contributed by atoms with Gasteiger partial charge in [-0.15, -0.1) is 11.8 Å². The molecule has 3 nitrogen and oxygen atoms in total. The molecule has 2 unspecified atom stereocenters. The van der Waals surface area contributed by atoms with Gasteiger partial charge >= 0.3 is 0 Å². The zero-order valence-corrected chi connectivity index (χ0v) is 11.4. The average molecular weight is 262 g/mol. The van der Waals surface area contributed by atoms with E-state index in [1.165, 1.54) is 11.1 Å². The number of carbonyl (C=O) groups excluding carboxylic acids is 1. The number of amides is 1. The maximum atomic E-state index is 12.5. The molecule has 1 N–H and O–H groups in total. The first-order chi connectivity index (χ1) is 8.77. The molecule has 0 aromatic heterocycles. The van der Waals surface area contributed by atoms with Crippen LogP contribution in [0.25, 0.3) is 0 Å². The first-order valence-electron chi connectivity index (χ1n) is 6.47. The third-order valence-corrected chi connectivity index (χ3v) is 4.83. The van der Waals surface area contributed by atoms with Crippen molar-refractivity contribution in [2.75, 3.05) is 18.2 Å². The smallest absolute Gasteiger partial charge is 0.241 e. The molecule has 1 aromatic rings. The summed E-state index contributed by atoms with van der Waals surface area (Å²) in [6.45, 7) is 2.98. The van der Waals surface area contributed by atoms with E-state index in [1.54, 1.807) is 11.8 Å². The van der Waals surface area contributed by atoms with Crippen molar-refractivity contribution in [2.45, 2.75) is 25.4 Å². The van der Waals surface area contributed by atoms with Crippen molar-refractivity contribution in [3.8, 4) is 0 Å². The van der Waals surface area contributed by atoms with E-state index in [-0.39, 0.29) is 18.0 Å². The third kappa shape index (κ3) is 2.04. The van der Waals surface area contributed by atoms with Gasteiger partial charge in [0.05, 0.1) is 12.1 Å². The number of hydrogen-bond donors (Lipinski definition) is 1. The summed E-state index contributed by atoms with van der Waals surface area (Å²) in [6, 6.07) is 8.69. The topological polar surface area (TPSA) is 32.3 Å². The summed E-state index contributed by atoms with van der Waals surface area (Å²) in [7, 11) is 0. The van der Waals surface area contributed by atoms with Gasteiger partial charge in [0, 0.05) is 18.2 Å². The molecule has 1 aromatic carbocycles. The fourth-order valence-electron chi connectivity index (χ4n) is 2.83. The Labute approximate surface area is 112 Å². The van der Waals surface area contributed by atoms with E-state index in [0.717, 1.165) is 24.6 Å². The van der Waals surface area contributed by atoms with E-state index < -0.39 is 0 Å². The summed E-state index contributed by atoms with van der Waals surface area (Å²) in [4.78, 5) is 14.5. The molecule has 2 aliphatic heterocycles. The molecule has 0 bridgehead atoms. The van der Waals surface area contributed by atoms with Crippen LogP contribution in [0.5, 0.6) is 0 Å². The van der Waals surface area contributed by atoms with Gasteiger partial charge in [-0.2, -0.15) is 0 Å². The monoisotopic (exact) mass is 262 g/mol. The Balaban J connectivity index is 1.81. The van der Waals surface area contributed by atoms with Crippen LogP contribution in [0.4, 0.5) is 0 Å². The van der Waals surface area contributed by atoms with Crippen LogP contribution >= 0.6 is 11.8 Å². The Morgan fingerprint density at radius 2 is 2.28 bits per heavy atom. The summed E-state index contributed by atoms with van der Waals surface area (Å²) in [5.74, 6) is 2.07. The molecule has 18 heavy (non-hydrogen) atoms. The standard InChI is InChI=1S/C14H18N2OS/c1-10-12-5-3-2-4-11(12)6-7-16(10)14(17)13-8-18-9-15-13/h2-5,10,13,15H,6-9H2,1H3. The van der Waals surface area contributed by atoms with E-state index in [9.17, 15) is 4.79 Å². The number of hydrogen-bond acceptors (Lipinski definition) is 3. The molecule has 0 aliphatic carbocycles. The molecule has 0 saturated carbocycles. The van der Waals surface area contributed by atoms with Gasteiger partial charge in [0.2, 0.25) is 5.91 Å². The number of benzene rings is 1. The highest BCUT2D eigenvalue weighted by molar-refractivity contribution is 7.99. The average Bonchev–Trinajstić information content (AvgIpc) is 2.93. The highest BCUT2D eigenvalue weighted by atomic mass is 32.2. The molecule has 2 atom stereocenters. The summed E-state index contributed by atoms with van der Waals surface area (Å²) in [6.07, 6.45) is 0.978. The van der Waals surface area contributed by atoms with Crippen molar-refractivity contribution in [2.24, 2.45) is 0 Å². The maximum Gasteiger partial charge on any atom is 0.241 e. The lowest BCUT2D eigenvalue weighted by Gasteiger charge is -2.36. The van der Waals surface area contributed by atoms with Gasteiger partial charge in [-0.25, -0.2) is 0 Å². The molecule has 1 saturated heterocycles. The van der Waals surface area contributed by atoms with Crippen molar-refractivity contribution in [1.82, 2.24) is 10.2 Å². The van der Waals surface area contributed by atoms with Gasteiger partial charge in [0.1, 0.15) is 0 Å². The van der Waals surface area contributed by atoms with E-state index in [0.29, 0.717) is 0 Å². The van der Waals surface area contributed by atoms with Crippen molar-refractivity contribution in [3.63, 3.8) is 0 Å². The lowest BCUT2D eigenvalue weighted by Crippen LogP contribution is -2.48. The second kappa shape index (κ2) is 4.94. The first-order valence-corrected chi connectivity index (χ1v) is 7.62. The molecule has 4 heteroatoms. The highest BCUT2D eigenvalue weighted by Gasteiger charge is 2.33. The van der Waals surface area contributed by atoms with Crippen LogP contribution in [0.1, 0.15) is 24.1 Å². The molecule has 1 amide bonds. The predicted molar refractivity (Wildman–Crippen MR) is 74.5 cm³/mol. The maximum absolute atomic E-state index is 12.5. The van der Waals surface area contributed by atoms with E-state index >= 15 is 0 Å². The highest BCUT2D eigenvalue weighted by Crippen LogP contribution is 2.30. The number of rotatable bonds is 1. The van der Waals surface area contributed by atoms with Crippen LogP contribution in [0.15, 0.2) is 24.3 Å². The zero-order valence-electron chi connectivity index (χ0n) is 10.6. The minimum absolute atomic E-state index is 0.0164. The normalized spacial score (nSPS) is 27.1. The fourth-order valence-corrected chi connectivity index (χ4v) is 3.76. The van der Waals surface area contributed by atoms with Gasteiger partial charge in [-0.05, 0) is 24.5 Å². The van der Waals surface area contributed by atoms with Crippen LogP contribution in [-0.4, -0.2) is 35.0 Å². The Kier molecular flexibility index (Phi) is 3.31. The second-order valence-corrected chi connectivity index (χ2v) is 5.96. The Bertz CT molecular complexity index is 457. The van der Waals surface area contributed by atoms with Gasteiger partial charge < -0.3 is 4.90 Å². The first kappa shape index (κ1) is 12.1. The van der Waals surface area contributed by atoms with Crippen molar-refractivity contribution >= 4 is 17.7 Å². The van der Waals surface area contributed by atoms with Gasteiger partial charge in [0.15, 0.2) is 0 Å². The second-order valence-electron chi connectivity index (χ2n) is 4.93. The number of nitrogens with zero attached hydrogens (tertiary/aromatic N) is 1. The summed E-state index contributed by atoms with van der Waals surface area (Å²) < 4.78 is 0. The lowest BCUT2D eigenvalue weighted by molar-refractivity contribution is -0.135. The van der Waals surface area contributed by atoms with Gasteiger partial charge in [-0.3, -0.25) is 10.1 Å². The van der Waals surface area contributed by atoms with Gasteiger partial charge in [-0.1, -0.05) is 24.3 Å². The zero-order chi connectivity index (χ0) is 12.5. The number of thioether (sulfide) groups is 1. The quantitative estimate of drug-likeness (QED) is 0.837. The summed E-state index contributed by atoms with van der Waals surface area (Å²) in [5.41, 5.74) is 2.70. The molecule has 96 valence electrons. The number of carbonyl (C=O) groups is 1. The van der Waals surface area contributed by atoms with Gasteiger partial charge in [0.25, 0.3) is 0 Å². The predicted octanol–water partition coefficient (Wildman–Crippen LogP) is 1.79. The minimum atomic E-state index is 0.0164. The third-order valence-electron chi connectivity index (χ3n) is 3.89. The Morgan fingerprint density at radius 3 is 3.06 bits per heavy atom. The Hall–Kier alpha value is -1.000. The molecular formula is C14H18N2OS. The van der Waals surface area contributed by atoms with E-state index in [4.69, 9.17) is 0 Å². The van der Waals surface area contributed by atoms with Crippen molar-refractivity contribution < 1.29 is 4.79 Å². The molecular weight excluding hydrogens is 244 g/mol. The molecule has 1 fully saturated rings. The largest absolute Gasteiger partial charge is 0.334 e. The lowest BCUT2D eigenvalue weighted by atomic mass is 9.93. The molecule has 3 rings (SSSR count). The van der Waals surface area contributed by atoms with Crippen LogP contribution in [0.3, 0.4) is 0 Å². The molecule has 2 heterocycles. The van der Waals surface area contributed by atoms with Crippen molar-refractivity contribution in [3.05, 3.63) is 35.4 Å². The van der Waals surface area contributed by atoms with Crippen molar-refractivity contribution in [1.29, 1.82) is 0 Å². The van der Waals surface area contributed by atoms with E-state index in [2.05, 4.69) is 36.5 Å². The van der Waals surface area contributed by atoms with Crippen LogP contribution in [0, 0.1) is 0 Å². The minimum Gasteiger partial charge on any atom is -0.334 e.